The van der Waals surface area contributed by atoms with Crippen LogP contribution in [0.2, 0.25) is 0 Å². The van der Waals surface area contributed by atoms with Crippen LogP contribution in [0.4, 0.5) is 0 Å². The van der Waals surface area contributed by atoms with Crippen LogP contribution in [0, 0.1) is 11.3 Å². The molecule has 2 N–H and O–H groups in total. The Labute approximate surface area is 126 Å². The molecular weight excluding hydrogens is 266 g/mol. The lowest BCUT2D eigenvalue weighted by atomic mass is 10.0. The summed E-state index contributed by atoms with van der Waals surface area (Å²) in [5, 5.41) is 12.4. The van der Waals surface area contributed by atoms with Crippen molar-refractivity contribution in [3.8, 4) is 0 Å². The Morgan fingerprint density at radius 1 is 1.38 bits per heavy atom. The first-order chi connectivity index (χ1) is 10.2. The molecule has 0 spiro atoms. The van der Waals surface area contributed by atoms with Gasteiger partial charge < -0.3 is 15.2 Å². The van der Waals surface area contributed by atoms with Crippen molar-refractivity contribution in [3.05, 3.63) is 35.9 Å². The lowest BCUT2D eigenvalue weighted by Crippen LogP contribution is -2.32. The third kappa shape index (κ3) is 5.14. The number of aliphatic hydroxyl groups excluding tert-OH is 1. The Hall–Kier alpha value is -1.39. The molecule has 0 radical (unpaired) electrons. The van der Waals surface area contributed by atoms with E-state index >= 15 is 0 Å². The molecule has 1 aliphatic rings. The molecule has 21 heavy (non-hydrogen) atoms. The maximum Gasteiger partial charge on any atom is 0.310 e. The molecule has 0 amide bonds. The molecule has 1 fully saturated rings. The molecule has 0 heterocycles. The van der Waals surface area contributed by atoms with Gasteiger partial charge >= 0.3 is 5.97 Å². The predicted octanol–water partition coefficient (Wildman–Crippen LogP) is 2.12. The van der Waals surface area contributed by atoms with Crippen molar-refractivity contribution in [1.82, 2.24) is 5.32 Å². The molecule has 1 atom stereocenters. The minimum atomic E-state index is -0.168. The van der Waals surface area contributed by atoms with Crippen LogP contribution in [0.3, 0.4) is 0 Å². The van der Waals surface area contributed by atoms with Gasteiger partial charge in [0.2, 0.25) is 0 Å². The Balaban J connectivity index is 1.63. The zero-order valence-corrected chi connectivity index (χ0v) is 12.7. The number of hydrogen-bond donors (Lipinski definition) is 2. The SMILES string of the molecule is CC(CNCC1(CCO)CC1)C(=O)OCc1ccccc1. The fourth-order valence-electron chi connectivity index (χ4n) is 2.44. The van der Waals surface area contributed by atoms with E-state index in [1.807, 2.05) is 37.3 Å². The van der Waals surface area contributed by atoms with E-state index in [0.717, 1.165) is 18.5 Å². The number of esters is 1. The van der Waals surface area contributed by atoms with Crippen LogP contribution >= 0.6 is 0 Å². The van der Waals surface area contributed by atoms with E-state index in [0.29, 0.717) is 13.2 Å². The van der Waals surface area contributed by atoms with E-state index in [4.69, 9.17) is 9.84 Å². The molecule has 116 valence electrons. The van der Waals surface area contributed by atoms with Gasteiger partial charge in [0.15, 0.2) is 0 Å². The molecular formula is C17H25NO3. The van der Waals surface area contributed by atoms with E-state index < -0.39 is 0 Å². The van der Waals surface area contributed by atoms with Crippen LogP contribution in [-0.2, 0) is 16.1 Å². The number of aliphatic hydroxyl groups is 1. The molecule has 0 bridgehead atoms. The molecule has 1 unspecified atom stereocenters. The van der Waals surface area contributed by atoms with Gasteiger partial charge in [0.05, 0.1) is 5.92 Å². The van der Waals surface area contributed by atoms with E-state index in [1.165, 1.54) is 12.8 Å². The smallest absolute Gasteiger partial charge is 0.310 e. The summed E-state index contributed by atoms with van der Waals surface area (Å²) < 4.78 is 5.32. The maximum absolute atomic E-state index is 11.9. The first kappa shape index (κ1) is 16.0. The normalized spacial score (nSPS) is 17.2. The highest BCUT2D eigenvalue weighted by atomic mass is 16.5. The summed E-state index contributed by atoms with van der Waals surface area (Å²) in [6.07, 6.45) is 3.20. The first-order valence-corrected chi connectivity index (χ1v) is 7.67. The van der Waals surface area contributed by atoms with Crippen LogP contribution in [0.25, 0.3) is 0 Å². The lowest BCUT2D eigenvalue weighted by molar-refractivity contribution is -0.149. The molecule has 0 aliphatic heterocycles. The standard InChI is InChI=1S/C17H25NO3/c1-14(11-18-13-17(7-8-17)9-10-19)16(20)21-12-15-5-3-2-4-6-15/h2-6,14,18-19H,7-13H2,1H3. The number of carbonyl (C=O) groups excluding carboxylic acids is 1. The average molecular weight is 291 g/mol. The monoisotopic (exact) mass is 291 g/mol. The molecule has 1 aromatic carbocycles. The van der Waals surface area contributed by atoms with E-state index in [2.05, 4.69) is 5.32 Å². The van der Waals surface area contributed by atoms with Crippen molar-refractivity contribution >= 4 is 5.97 Å². The third-order valence-electron chi connectivity index (χ3n) is 4.18. The fraction of sp³-hybridized carbons (Fsp3) is 0.588. The maximum atomic E-state index is 11.9. The van der Waals surface area contributed by atoms with Gasteiger partial charge in [0.1, 0.15) is 6.61 Å². The minimum Gasteiger partial charge on any atom is -0.461 e. The highest BCUT2D eigenvalue weighted by molar-refractivity contribution is 5.72. The molecule has 0 aromatic heterocycles. The molecule has 4 nitrogen and oxygen atoms in total. The predicted molar refractivity (Wildman–Crippen MR) is 81.6 cm³/mol. The number of hydrogen-bond acceptors (Lipinski definition) is 4. The summed E-state index contributed by atoms with van der Waals surface area (Å²) in [4.78, 5) is 11.9. The number of carbonyl (C=O) groups is 1. The second-order valence-electron chi connectivity index (χ2n) is 6.10. The summed E-state index contributed by atoms with van der Waals surface area (Å²) in [6.45, 7) is 3.96. The Bertz CT molecular complexity index is 443. The largest absolute Gasteiger partial charge is 0.461 e. The molecule has 1 aromatic rings. The first-order valence-electron chi connectivity index (χ1n) is 7.67. The molecule has 2 rings (SSSR count). The molecule has 1 saturated carbocycles. The van der Waals surface area contributed by atoms with Gasteiger partial charge in [0, 0.05) is 19.7 Å². The Kier molecular flexibility index (Phi) is 5.76. The zero-order chi connectivity index (χ0) is 15.1. The Morgan fingerprint density at radius 3 is 2.71 bits per heavy atom. The third-order valence-corrected chi connectivity index (χ3v) is 4.18. The van der Waals surface area contributed by atoms with Gasteiger partial charge in [-0.2, -0.15) is 0 Å². The van der Waals surface area contributed by atoms with Crippen LogP contribution in [0.1, 0.15) is 31.7 Å². The van der Waals surface area contributed by atoms with Gasteiger partial charge in [-0.05, 0) is 30.2 Å². The lowest BCUT2D eigenvalue weighted by Gasteiger charge is -2.17. The number of ether oxygens (including phenoxy) is 1. The van der Waals surface area contributed by atoms with E-state index in [1.54, 1.807) is 0 Å². The van der Waals surface area contributed by atoms with Crippen molar-refractivity contribution < 1.29 is 14.6 Å². The van der Waals surface area contributed by atoms with Crippen molar-refractivity contribution in [3.63, 3.8) is 0 Å². The van der Waals surface area contributed by atoms with Gasteiger partial charge in [-0.25, -0.2) is 0 Å². The topological polar surface area (TPSA) is 58.6 Å². The summed E-state index contributed by atoms with van der Waals surface area (Å²) in [5.41, 5.74) is 1.29. The quantitative estimate of drug-likeness (QED) is 0.684. The highest BCUT2D eigenvalue weighted by Crippen LogP contribution is 2.47. The molecule has 1 aliphatic carbocycles. The van der Waals surface area contributed by atoms with E-state index in [9.17, 15) is 4.79 Å². The second kappa shape index (κ2) is 7.57. The van der Waals surface area contributed by atoms with Crippen LogP contribution in [-0.4, -0.2) is 30.8 Å². The van der Waals surface area contributed by atoms with Crippen LogP contribution in [0.5, 0.6) is 0 Å². The van der Waals surface area contributed by atoms with Crippen LogP contribution < -0.4 is 5.32 Å². The minimum absolute atomic E-state index is 0.154. The summed E-state index contributed by atoms with van der Waals surface area (Å²) in [5.74, 6) is -0.322. The second-order valence-corrected chi connectivity index (χ2v) is 6.10. The number of benzene rings is 1. The summed E-state index contributed by atoms with van der Waals surface area (Å²) >= 11 is 0. The van der Waals surface area contributed by atoms with E-state index in [-0.39, 0.29) is 23.9 Å². The Morgan fingerprint density at radius 2 is 2.10 bits per heavy atom. The summed E-state index contributed by atoms with van der Waals surface area (Å²) in [7, 11) is 0. The van der Waals surface area contributed by atoms with Crippen LogP contribution in [0.15, 0.2) is 30.3 Å². The van der Waals surface area contributed by atoms with Crippen molar-refractivity contribution in [2.45, 2.75) is 32.8 Å². The number of rotatable bonds is 9. The van der Waals surface area contributed by atoms with Crippen molar-refractivity contribution in [2.75, 3.05) is 19.7 Å². The van der Waals surface area contributed by atoms with Gasteiger partial charge in [0.25, 0.3) is 0 Å². The summed E-state index contributed by atoms with van der Waals surface area (Å²) in [6, 6.07) is 9.70. The van der Waals surface area contributed by atoms with Crippen molar-refractivity contribution in [2.24, 2.45) is 11.3 Å². The number of nitrogens with one attached hydrogen (secondary N) is 1. The van der Waals surface area contributed by atoms with Gasteiger partial charge in [-0.3, -0.25) is 4.79 Å². The van der Waals surface area contributed by atoms with Crippen molar-refractivity contribution in [1.29, 1.82) is 0 Å². The average Bonchev–Trinajstić information content (AvgIpc) is 3.26. The van der Waals surface area contributed by atoms with Gasteiger partial charge in [-0.15, -0.1) is 0 Å². The highest BCUT2D eigenvalue weighted by Gasteiger charge is 2.41. The molecule has 4 heteroatoms. The molecule has 0 saturated heterocycles. The zero-order valence-electron chi connectivity index (χ0n) is 12.7. The van der Waals surface area contributed by atoms with Gasteiger partial charge in [-0.1, -0.05) is 37.3 Å². The fourth-order valence-corrected chi connectivity index (χ4v) is 2.44.